The molecule has 0 fully saturated rings. The molecule has 0 radical (unpaired) electrons. The molecule has 0 spiro atoms. The standard InChI is InChI=1S/C19H23FN2O5S/c1-19(2,27-14-8-6-13(20)7-9-14)18(23)21-16-12-15(10-11-17(16)26-5)28(24,25)22(3)4/h6-12H,1-5H3,(H,21,23). The summed E-state index contributed by atoms with van der Waals surface area (Å²) in [5.74, 6) is -0.339. The predicted octanol–water partition coefficient (Wildman–Crippen LogP) is 2.88. The van der Waals surface area contributed by atoms with Crippen LogP contribution in [-0.2, 0) is 14.8 Å². The Kier molecular flexibility index (Phi) is 6.30. The summed E-state index contributed by atoms with van der Waals surface area (Å²) in [5, 5.41) is 2.64. The molecule has 0 atom stereocenters. The highest BCUT2D eigenvalue weighted by Crippen LogP contribution is 2.30. The third kappa shape index (κ3) is 4.79. The summed E-state index contributed by atoms with van der Waals surface area (Å²) in [5.41, 5.74) is -1.13. The van der Waals surface area contributed by atoms with Crippen LogP contribution in [0.1, 0.15) is 13.8 Å². The van der Waals surface area contributed by atoms with E-state index in [1.165, 1.54) is 63.7 Å². The van der Waals surface area contributed by atoms with Crippen LogP contribution in [0.25, 0.3) is 0 Å². The van der Waals surface area contributed by atoms with Crippen LogP contribution < -0.4 is 14.8 Å². The number of methoxy groups -OCH3 is 1. The average molecular weight is 410 g/mol. The lowest BCUT2D eigenvalue weighted by atomic mass is 10.1. The predicted molar refractivity (Wildman–Crippen MR) is 104 cm³/mol. The molecule has 2 rings (SSSR count). The highest BCUT2D eigenvalue weighted by Gasteiger charge is 2.31. The van der Waals surface area contributed by atoms with Gasteiger partial charge in [-0.25, -0.2) is 17.1 Å². The summed E-state index contributed by atoms with van der Waals surface area (Å²) in [6, 6.07) is 9.44. The van der Waals surface area contributed by atoms with E-state index >= 15 is 0 Å². The molecule has 1 amide bonds. The summed E-state index contributed by atoms with van der Waals surface area (Å²) in [6.45, 7) is 3.08. The number of sulfonamides is 1. The summed E-state index contributed by atoms with van der Waals surface area (Å²) >= 11 is 0. The summed E-state index contributed by atoms with van der Waals surface area (Å²) in [6.07, 6.45) is 0. The molecule has 0 bridgehead atoms. The molecule has 0 aliphatic rings. The van der Waals surface area contributed by atoms with Crippen molar-refractivity contribution in [3.8, 4) is 11.5 Å². The van der Waals surface area contributed by atoms with Crippen molar-refractivity contribution in [3.63, 3.8) is 0 Å². The maximum atomic E-state index is 13.0. The number of carbonyl (C=O) groups excluding carboxylic acids is 1. The molecule has 0 saturated carbocycles. The van der Waals surface area contributed by atoms with Gasteiger partial charge in [-0.3, -0.25) is 4.79 Å². The third-order valence-corrected chi connectivity index (χ3v) is 5.74. The van der Waals surface area contributed by atoms with Crippen LogP contribution in [0.5, 0.6) is 11.5 Å². The molecular formula is C19H23FN2O5S. The van der Waals surface area contributed by atoms with Gasteiger partial charge in [-0.2, -0.15) is 0 Å². The maximum Gasteiger partial charge on any atom is 0.268 e. The molecule has 7 nitrogen and oxygen atoms in total. The molecule has 0 heterocycles. The molecule has 0 aromatic heterocycles. The number of carbonyl (C=O) groups is 1. The lowest BCUT2D eigenvalue weighted by molar-refractivity contribution is -0.128. The third-order valence-electron chi connectivity index (χ3n) is 3.93. The number of nitrogens with one attached hydrogen (secondary N) is 1. The van der Waals surface area contributed by atoms with Crippen LogP contribution in [0, 0.1) is 5.82 Å². The second-order valence-electron chi connectivity index (χ2n) is 6.67. The van der Waals surface area contributed by atoms with E-state index in [0.717, 1.165) is 4.31 Å². The number of nitrogens with zero attached hydrogens (tertiary/aromatic N) is 1. The average Bonchev–Trinajstić information content (AvgIpc) is 2.63. The second kappa shape index (κ2) is 8.15. The van der Waals surface area contributed by atoms with Crippen LogP contribution in [0.15, 0.2) is 47.4 Å². The Morgan fingerprint density at radius 1 is 1.11 bits per heavy atom. The van der Waals surface area contributed by atoms with Crippen LogP contribution in [0.2, 0.25) is 0 Å². The number of benzene rings is 2. The molecule has 2 aromatic carbocycles. The Morgan fingerprint density at radius 2 is 1.71 bits per heavy atom. The monoisotopic (exact) mass is 410 g/mol. The van der Waals surface area contributed by atoms with Gasteiger partial charge in [0.15, 0.2) is 5.60 Å². The van der Waals surface area contributed by atoms with E-state index in [-0.39, 0.29) is 10.6 Å². The van der Waals surface area contributed by atoms with Gasteiger partial charge < -0.3 is 14.8 Å². The Hall–Kier alpha value is -2.65. The van der Waals surface area contributed by atoms with Crippen molar-refractivity contribution in [2.45, 2.75) is 24.3 Å². The van der Waals surface area contributed by atoms with Crippen molar-refractivity contribution in [1.29, 1.82) is 0 Å². The maximum absolute atomic E-state index is 13.0. The van der Waals surface area contributed by atoms with Gasteiger partial charge in [0.2, 0.25) is 10.0 Å². The van der Waals surface area contributed by atoms with Gasteiger partial charge in [0.1, 0.15) is 17.3 Å². The zero-order valence-corrected chi connectivity index (χ0v) is 17.1. The Labute approximate surface area is 164 Å². The van der Waals surface area contributed by atoms with E-state index < -0.39 is 27.3 Å². The number of hydrogen-bond acceptors (Lipinski definition) is 5. The first-order valence-electron chi connectivity index (χ1n) is 8.34. The van der Waals surface area contributed by atoms with E-state index in [1.54, 1.807) is 13.8 Å². The fourth-order valence-electron chi connectivity index (χ4n) is 2.27. The molecule has 28 heavy (non-hydrogen) atoms. The molecule has 0 aliphatic heterocycles. The molecule has 0 aliphatic carbocycles. The quantitative estimate of drug-likeness (QED) is 0.759. The van der Waals surface area contributed by atoms with Gasteiger partial charge >= 0.3 is 0 Å². The Balaban J connectivity index is 2.29. The first-order chi connectivity index (χ1) is 13.0. The van der Waals surface area contributed by atoms with E-state index in [0.29, 0.717) is 11.5 Å². The minimum absolute atomic E-state index is 0.00543. The van der Waals surface area contributed by atoms with E-state index in [2.05, 4.69) is 5.32 Å². The number of hydrogen-bond donors (Lipinski definition) is 1. The number of amides is 1. The lowest BCUT2D eigenvalue weighted by Crippen LogP contribution is -2.42. The molecule has 0 saturated heterocycles. The van der Waals surface area contributed by atoms with E-state index in [4.69, 9.17) is 9.47 Å². The van der Waals surface area contributed by atoms with E-state index in [9.17, 15) is 17.6 Å². The molecule has 2 aromatic rings. The topological polar surface area (TPSA) is 84.9 Å². The molecule has 1 N–H and O–H groups in total. The zero-order valence-electron chi connectivity index (χ0n) is 16.3. The van der Waals surface area contributed by atoms with Crippen molar-refractivity contribution >= 4 is 21.6 Å². The fourth-order valence-corrected chi connectivity index (χ4v) is 3.20. The first-order valence-corrected chi connectivity index (χ1v) is 9.78. The number of rotatable bonds is 7. The molecule has 152 valence electrons. The van der Waals surface area contributed by atoms with Crippen LogP contribution in [0.3, 0.4) is 0 Å². The highest BCUT2D eigenvalue weighted by molar-refractivity contribution is 7.89. The smallest absolute Gasteiger partial charge is 0.268 e. The van der Waals surface area contributed by atoms with Gasteiger partial charge in [-0.1, -0.05) is 0 Å². The molecule has 9 heteroatoms. The molecule has 0 unspecified atom stereocenters. The van der Waals surface area contributed by atoms with Crippen molar-refractivity contribution in [2.75, 3.05) is 26.5 Å². The van der Waals surface area contributed by atoms with Crippen molar-refractivity contribution < 1.29 is 27.1 Å². The highest BCUT2D eigenvalue weighted by atomic mass is 32.2. The zero-order chi connectivity index (χ0) is 21.1. The van der Waals surface area contributed by atoms with Gasteiger partial charge in [0, 0.05) is 14.1 Å². The summed E-state index contributed by atoms with van der Waals surface area (Å²) < 4.78 is 49.7. The second-order valence-corrected chi connectivity index (χ2v) is 8.82. The Bertz CT molecular complexity index is 957. The largest absolute Gasteiger partial charge is 0.495 e. The van der Waals surface area contributed by atoms with Crippen LogP contribution in [-0.4, -0.2) is 45.4 Å². The summed E-state index contributed by atoms with van der Waals surface area (Å²) in [4.78, 5) is 12.7. The first kappa shape index (κ1) is 21.6. The van der Waals surface area contributed by atoms with Crippen LogP contribution >= 0.6 is 0 Å². The summed E-state index contributed by atoms with van der Waals surface area (Å²) in [7, 11) is 0.548. The minimum atomic E-state index is -3.69. The lowest BCUT2D eigenvalue weighted by Gasteiger charge is -2.26. The molecular weight excluding hydrogens is 387 g/mol. The number of ether oxygens (including phenoxy) is 2. The van der Waals surface area contributed by atoms with Gasteiger partial charge in [-0.05, 0) is 56.3 Å². The van der Waals surface area contributed by atoms with Crippen molar-refractivity contribution in [1.82, 2.24) is 4.31 Å². The number of anilines is 1. The Morgan fingerprint density at radius 3 is 2.25 bits per heavy atom. The van der Waals surface area contributed by atoms with Gasteiger partial charge in [0.05, 0.1) is 17.7 Å². The van der Waals surface area contributed by atoms with Crippen LogP contribution in [0.4, 0.5) is 10.1 Å². The normalized spacial score (nSPS) is 12.0. The van der Waals surface area contributed by atoms with Gasteiger partial charge in [-0.15, -0.1) is 0 Å². The number of halogens is 1. The van der Waals surface area contributed by atoms with Crippen molar-refractivity contribution in [3.05, 3.63) is 48.3 Å². The van der Waals surface area contributed by atoms with Crippen molar-refractivity contribution in [2.24, 2.45) is 0 Å². The minimum Gasteiger partial charge on any atom is -0.495 e. The van der Waals surface area contributed by atoms with Gasteiger partial charge in [0.25, 0.3) is 5.91 Å². The van der Waals surface area contributed by atoms with E-state index in [1.807, 2.05) is 0 Å². The fraction of sp³-hybridized carbons (Fsp3) is 0.316. The SMILES string of the molecule is COc1ccc(S(=O)(=O)N(C)C)cc1NC(=O)C(C)(C)Oc1ccc(F)cc1.